The van der Waals surface area contributed by atoms with Gasteiger partial charge in [-0.05, 0) is 93.0 Å². The number of nitrogens with zero attached hydrogens (tertiary/aromatic N) is 2. The van der Waals surface area contributed by atoms with Crippen molar-refractivity contribution in [3.8, 4) is 32.8 Å². The second-order valence-corrected chi connectivity index (χ2v) is 15.0. The van der Waals surface area contributed by atoms with E-state index in [0.29, 0.717) is 0 Å². The first-order chi connectivity index (χ1) is 27.2. The van der Waals surface area contributed by atoms with E-state index < -0.39 is 0 Å². The average molecular weight is 721 g/mol. The summed E-state index contributed by atoms with van der Waals surface area (Å²) >= 11 is 1.73. The zero-order chi connectivity index (χ0) is 36.3. The molecule has 258 valence electrons. The lowest BCUT2D eigenvalue weighted by atomic mass is 10.0. The van der Waals surface area contributed by atoms with E-state index in [2.05, 4.69) is 199 Å². The van der Waals surface area contributed by atoms with Crippen LogP contribution >= 0.6 is 11.3 Å². The number of benzene rings is 9. The third-order valence-corrected chi connectivity index (χ3v) is 11.7. The molecule has 2 heterocycles. The standard InChI is InChI=1S/C51H32N2OS/c1-2-9-33(10-3-1)35-19-24-40(25-20-35)53(41-26-21-36(22-27-41)39-18-17-34-11-4-5-13-38(34)31-39)42-28-29-44-47(32-42)54-46-16-8-15-45(49(44)46)51-52-50-43-14-7-6-12-37(43)23-30-48(50)55-51/h1-32H. The fourth-order valence-electron chi connectivity index (χ4n) is 7.96. The van der Waals surface area contributed by atoms with Gasteiger partial charge in [-0.2, -0.15) is 0 Å². The van der Waals surface area contributed by atoms with E-state index in [4.69, 9.17) is 9.40 Å². The number of fused-ring (bicyclic) bond motifs is 7. The first-order valence-corrected chi connectivity index (χ1v) is 19.3. The molecule has 9 aromatic carbocycles. The molecule has 0 aliphatic rings. The predicted molar refractivity (Wildman–Crippen MR) is 233 cm³/mol. The van der Waals surface area contributed by atoms with Crippen LogP contribution < -0.4 is 4.90 Å². The maximum atomic E-state index is 6.66. The van der Waals surface area contributed by atoms with Gasteiger partial charge in [0, 0.05) is 44.9 Å². The van der Waals surface area contributed by atoms with Crippen molar-refractivity contribution in [1.29, 1.82) is 0 Å². The number of anilines is 3. The third kappa shape index (κ3) is 5.46. The molecule has 0 unspecified atom stereocenters. The van der Waals surface area contributed by atoms with Crippen molar-refractivity contribution in [2.24, 2.45) is 0 Å². The van der Waals surface area contributed by atoms with Crippen LogP contribution in [0.1, 0.15) is 0 Å². The number of thiazole rings is 1. The fourth-order valence-corrected chi connectivity index (χ4v) is 8.97. The molecule has 55 heavy (non-hydrogen) atoms. The van der Waals surface area contributed by atoms with E-state index in [1.807, 2.05) is 0 Å². The molecular formula is C51H32N2OS. The molecule has 0 N–H and O–H groups in total. The van der Waals surface area contributed by atoms with Crippen LogP contribution in [0.4, 0.5) is 17.1 Å². The maximum Gasteiger partial charge on any atom is 0.137 e. The Bertz CT molecular complexity index is 3200. The summed E-state index contributed by atoms with van der Waals surface area (Å²) < 4.78 is 7.84. The SMILES string of the molecule is c1ccc(-c2ccc(N(c3ccc(-c4ccc5ccccc5c4)cc3)c3ccc4c(c3)oc3cccc(-c5nc6c(ccc7ccccc76)s5)c34)cc2)cc1. The second kappa shape index (κ2) is 12.8. The Labute approximate surface area is 322 Å². The first-order valence-electron chi connectivity index (χ1n) is 18.5. The van der Waals surface area contributed by atoms with Gasteiger partial charge in [0.05, 0.1) is 10.2 Å². The minimum absolute atomic E-state index is 0.838. The minimum atomic E-state index is 0.838. The second-order valence-electron chi connectivity index (χ2n) is 14.0. The number of aromatic nitrogens is 1. The Balaban J connectivity index is 1.02. The van der Waals surface area contributed by atoms with Crippen molar-refractivity contribution in [1.82, 2.24) is 4.98 Å². The van der Waals surface area contributed by atoms with Gasteiger partial charge in [-0.3, -0.25) is 0 Å². The smallest absolute Gasteiger partial charge is 0.137 e. The Hall–Kier alpha value is -7.01. The van der Waals surface area contributed by atoms with Crippen LogP contribution in [0.25, 0.3) is 86.5 Å². The monoisotopic (exact) mass is 720 g/mol. The maximum absolute atomic E-state index is 6.66. The number of rotatable bonds is 6. The highest BCUT2D eigenvalue weighted by atomic mass is 32.1. The van der Waals surface area contributed by atoms with Crippen LogP contribution in [0, 0.1) is 0 Å². The van der Waals surface area contributed by atoms with E-state index in [1.165, 1.54) is 48.5 Å². The van der Waals surface area contributed by atoms with E-state index in [1.54, 1.807) is 11.3 Å². The van der Waals surface area contributed by atoms with Crippen molar-refractivity contribution in [3.63, 3.8) is 0 Å². The molecule has 4 heteroatoms. The molecular weight excluding hydrogens is 689 g/mol. The molecule has 0 spiro atoms. The summed E-state index contributed by atoms with van der Waals surface area (Å²) in [6, 6.07) is 69.1. The summed E-state index contributed by atoms with van der Waals surface area (Å²) in [7, 11) is 0. The van der Waals surface area contributed by atoms with Gasteiger partial charge in [0.15, 0.2) is 0 Å². The van der Waals surface area contributed by atoms with Gasteiger partial charge in [0.2, 0.25) is 0 Å². The molecule has 0 saturated carbocycles. The van der Waals surface area contributed by atoms with Gasteiger partial charge >= 0.3 is 0 Å². The topological polar surface area (TPSA) is 29.3 Å². The molecule has 3 nitrogen and oxygen atoms in total. The van der Waals surface area contributed by atoms with Gasteiger partial charge in [-0.15, -0.1) is 11.3 Å². The molecule has 2 aromatic heterocycles. The molecule has 0 saturated heterocycles. The lowest BCUT2D eigenvalue weighted by molar-refractivity contribution is 0.669. The summed E-state index contributed by atoms with van der Waals surface area (Å²) in [6.07, 6.45) is 0. The fraction of sp³-hybridized carbons (Fsp3) is 0. The summed E-state index contributed by atoms with van der Waals surface area (Å²) in [5.74, 6) is 0. The Morgan fingerprint density at radius 2 is 1.05 bits per heavy atom. The van der Waals surface area contributed by atoms with Crippen molar-refractivity contribution < 1.29 is 4.42 Å². The molecule has 11 aromatic rings. The van der Waals surface area contributed by atoms with E-state index in [9.17, 15) is 0 Å². The molecule has 0 atom stereocenters. The van der Waals surface area contributed by atoms with Crippen molar-refractivity contribution in [2.45, 2.75) is 0 Å². The van der Waals surface area contributed by atoms with Crippen molar-refractivity contribution in [2.75, 3.05) is 4.90 Å². The zero-order valence-electron chi connectivity index (χ0n) is 29.7. The van der Waals surface area contributed by atoms with Gasteiger partial charge in [0.1, 0.15) is 16.2 Å². The summed E-state index contributed by atoms with van der Waals surface area (Å²) in [5, 5.41) is 8.02. The van der Waals surface area contributed by atoms with Crippen molar-refractivity contribution in [3.05, 3.63) is 194 Å². The largest absolute Gasteiger partial charge is 0.456 e. The summed E-state index contributed by atoms with van der Waals surface area (Å²) in [4.78, 5) is 7.52. The summed E-state index contributed by atoms with van der Waals surface area (Å²) in [5.41, 5.74) is 11.7. The Morgan fingerprint density at radius 3 is 1.85 bits per heavy atom. The highest BCUT2D eigenvalue weighted by Crippen LogP contribution is 2.44. The van der Waals surface area contributed by atoms with Gasteiger partial charge in [0.25, 0.3) is 0 Å². The van der Waals surface area contributed by atoms with Crippen LogP contribution in [-0.2, 0) is 0 Å². The molecule has 11 rings (SSSR count). The van der Waals surface area contributed by atoms with Crippen molar-refractivity contribution >= 4 is 82.1 Å². The van der Waals surface area contributed by atoms with Crippen LogP contribution in [-0.4, -0.2) is 4.98 Å². The highest BCUT2D eigenvalue weighted by molar-refractivity contribution is 7.21. The van der Waals surface area contributed by atoms with Crippen LogP contribution in [0.2, 0.25) is 0 Å². The lowest BCUT2D eigenvalue weighted by Gasteiger charge is -2.26. The predicted octanol–water partition coefficient (Wildman–Crippen LogP) is 15.0. The van der Waals surface area contributed by atoms with Gasteiger partial charge in [-0.1, -0.05) is 133 Å². The summed E-state index contributed by atoms with van der Waals surface area (Å²) in [6.45, 7) is 0. The van der Waals surface area contributed by atoms with Crippen LogP contribution in [0.15, 0.2) is 199 Å². The zero-order valence-corrected chi connectivity index (χ0v) is 30.5. The first kappa shape index (κ1) is 31.5. The van der Waals surface area contributed by atoms with Gasteiger partial charge < -0.3 is 9.32 Å². The average Bonchev–Trinajstić information content (AvgIpc) is 3.87. The third-order valence-electron chi connectivity index (χ3n) is 10.7. The number of hydrogen-bond donors (Lipinski definition) is 0. The quantitative estimate of drug-likeness (QED) is 0.171. The number of hydrogen-bond acceptors (Lipinski definition) is 4. The Kier molecular flexibility index (Phi) is 7.35. The van der Waals surface area contributed by atoms with Crippen LogP contribution in [0.5, 0.6) is 0 Å². The molecule has 0 amide bonds. The molecule has 0 bridgehead atoms. The van der Waals surface area contributed by atoms with E-state index in [0.717, 1.165) is 55.1 Å². The number of furan rings is 1. The van der Waals surface area contributed by atoms with E-state index >= 15 is 0 Å². The lowest BCUT2D eigenvalue weighted by Crippen LogP contribution is -2.09. The van der Waals surface area contributed by atoms with Gasteiger partial charge in [-0.25, -0.2) is 4.98 Å². The molecule has 0 aliphatic carbocycles. The van der Waals surface area contributed by atoms with Crippen LogP contribution in [0.3, 0.4) is 0 Å². The molecule has 0 aliphatic heterocycles. The Morgan fingerprint density at radius 1 is 0.418 bits per heavy atom. The minimum Gasteiger partial charge on any atom is -0.456 e. The highest BCUT2D eigenvalue weighted by Gasteiger charge is 2.19. The molecule has 0 fully saturated rings. The molecule has 0 radical (unpaired) electrons. The van der Waals surface area contributed by atoms with E-state index in [-0.39, 0.29) is 0 Å². The normalized spacial score (nSPS) is 11.6.